The van der Waals surface area contributed by atoms with E-state index in [9.17, 15) is 0 Å². The number of aryl methyl sites for hydroxylation is 4. The molecule has 54 heavy (non-hydrogen) atoms. The monoisotopic (exact) mass is 698 g/mol. The first kappa shape index (κ1) is 31.9. The lowest BCUT2D eigenvalue weighted by atomic mass is 9.98. The van der Waals surface area contributed by atoms with Crippen LogP contribution in [0.25, 0.3) is 54.6 Å². The zero-order valence-corrected chi connectivity index (χ0v) is 30.7. The largest absolute Gasteiger partial charge is 0.452 e. The average molecular weight is 699 g/mol. The molecule has 2 heterocycles. The van der Waals surface area contributed by atoms with Crippen LogP contribution in [0.5, 0.6) is 0 Å². The molecule has 0 amide bonds. The second kappa shape index (κ2) is 12.4. The molecule has 2 aromatic heterocycles. The average Bonchev–Trinajstić information content (AvgIpc) is 3.77. The van der Waals surface area contributed by atoms with Crippen LogP contribution in [0.2, 0.25) is 0 Å². The third-order valence-electron chi connectivity index (χ3n) is 10.7. The quantitative estimate of drug-likeness (QED) is 0.173. The van der Waals surface area contributed by atoms with Gasteiger partial charge >= 0.3 is 0 Å². The first-order valence-electron chi connectivity index (χ1n) is 18.5. The Kier molecular flexibility index (Phi) is 7.34. The van der Waals surface area contributed by atoms with Gasteiger partial charge in [0.2, 0.25) is 0 Å². The molecule has 0 fully saturated rings. The molecule has 0 bridgehead atoms. The topological polar surface area (TPSA) is 32.8 Å². The van der Waals surface area contributed by atoms with E-state index in [2.05, 4.69) is 195 Å². The highest BCUT2D eigenvalue weighted by Gasteiger charge is 2.23. The molecule has 8 aromatic carbocycles. The van der Waals surface area contributed by atoms with Crippen molar-refractivity contribution in [1.82, 2.24) is 0 Å². The molecular weight excluding hydrogens is 661 g/mol. The Hall–Kier alpha value is -6.78. The molecule has 0 aliphatic carbocycles. The van der Waals surface area contributed by atoms with Crippen LogP contribution in [0, 0.1) is 27.7 Å². The summed E-state index contributed by atoms with van der Waals surface area (Å²) < 4.78 is 13.8. The van der Waals surface area contributed by atoms with Gasteiger partial charge in [0.15, 0.2) is 11.2 Å². The molecule has 10 aromatic rings. The first-order valence-corrected chi connectivity index (χ1v) is 18.5. The van der Waals surface area contributed by atoms with Gasteiger partial charge in [0, 0.05) is 67.8 Å². The Morgan fingerprint density at radius 3 is 0.926 bits per heavy atom. The minimum atomic E-state index is 0.764. The van der Waals surface area contributed by atoms with Gasteiger partial charge < -0.3 is 18.6 Å². The van der Waals surface area contributed by atoms with Gasteiger partial charge in [-0.3, -0.25) is 0 Å². The number of furan rings is 2. The summed E-state index contributed by atoms with van der Waals surface area (Å²) in [5.41, 5.74) is 14.5. The summed E-state index contributed by atoms with van der Waals surface area (Å²) >= 11 is 0. The van der Waals surface area contributed by atoms with Crippen molar-refractivity contribution < 1.29 is 8.83 Å². The highest BCUT2D eigenvalue weighted by atomic mass is 16.4. The van der Waals surface area contributed by atoms with E-state index in [1.54, 1.807) is 0 Å². The van der Waals surface area contributed by atoms with Gasteiger partial charge in [-0.2, -0.15) is 0 Å². The molecule has 0 aliphatic heterocycles. The maximum absolute atomic E-state index is 6.91. The van der Waals surface area contributed by atoms with Gasteiger partial charge in [-0.1, -0.05) is 95.1 Å². The molecule has 4 nitrogen and oxygen atoms in total. The minimum absolute atomic E-state index is 0.764. The van der Waals surface area contributed by atoms with Crippen molar-refractivity contribution in [2.45, 2.75) is 27.7 Å². The van der Waals surface area contributed by atoms with E-state index in [1.165, 1.54) is 22.3 Å². The number of hydrogen-bond donors (Lipinski definition) is 0. The number of nitrogens with zero attached hydrogens (tertiary/aromatic N) is 2. The van der Waals surface area contributed by atoms with E-state index < -0.39 is 0 Å². The van der Waals surface area contributed by atoms with Crippen molar-refractivity contribution in [2.75, 3.05) is 9.80 Å². The molecule has 0 aliphatic rings. The van der Waals surface area contributed by atoms with Gasteiger partial charge in [-0.15, -0.1) is 0 Å². The molecule has 0 spiro atoms. The van der Waals surface area contributed by atoms with Crippen LogP contribution in [0.3, 0.4) is 0 Å². The lowest BCUT2D eigenvalue weighted by Crippen LogP contribution is -2.09. The van der Waals surface area contributed by atoms with E-state index in [4.69, 9.17) is 8.83 Å². The maximum Gasteiger partial charge on any atom is 0.179 e. The second-order valence-corrected chi connectivity index (χ2v) is 14.5. The van der Waals surface area contributed by atoms with Crippen molar-refractivity contribution in [3.8, 4) is 0 Å². The maximum atomic E-state index is 6.91. The standard InChI is InChI=1S/C50H38N2O2/c1-31-9-17-35(18-10-31)51(36-19-11-32(2)12-20-36)39-25-27-43-45(29-39)53-49-47(43)41-7-5-6-8-42(41)48-44-28-26-40(30-46(44)54-50(48)49)52(37-21-13-33(3)14-22-37)38-23-15-34(4)16-24-38/h5-30H,1-4H3. The summed E-state index contributed by atoms with van der Waals surface area (Å²) in [5, 5.41) is 6.55. The molecule has 260 valence electrons. The van der Waals surface area contributed by atoms with E-state index in [1.807, 2.05) is 0 Å². The normalized spacial score (nSPS) is 11.7. The van der Waals surface area contributed by atoms with Crippen LogP contribution in [0.4, 0.5) is 34.1 Å². The van der Waals surface area contributed by atoms with Crippen molar-refractivity contribution in [1.29, 1.82) is 0 Å². The summed E-state index contributed by atoms with van der Waals surface area (Å²) in [6.07, 6.45) is 0. The third-order valence-corrected chi connectivity index (χ3v) is 10.7. The predicted octanol–water partition coefficient (Wildman–Crippen LogP) is 14.8. The van der Waals surface area contributed by atoms with Crippen molar-refractivity contribution in [3.63, 3.8) is 0 Å². The number of hydrogen-bond acceptors (Lipinski definition) is 4. The molecule has 0 N–H and O–H groups in total. The number of benzene rings is 8. The Balaban J connectivity index is 1.18. The molecule has 0 saturated heterocycles. The van der Waals surface area contributed by atoms with E-state index >= 15 is 0 Å². The van der Waals surface area contributed by atoms with E-state index in [0.29, 0.717) is 0 Å². The Morgan fingerprint density at radius 2 is 0.611 bits per heavy atom. The first-order chi connectivity index (χ1) is 26.4. The van der Waals surface area contributed by atoms with Crippen LogP contribution >= 0.6 is 0 Å². The fourth-order valence-corrected chi connectivity index (χ4v) is 7.89. The Labute approximate surface area is 314 Å². The summed E-state index contributed by atoms with van der Waals surface area (Å²) in [6, 6.07) is 56.4. The van der Waals surface area contributed by atoms with Crippen molar-refractivity contribution in [3.05, 3.63) is 180 Å². The lowest BCUT2D eigenvalue weighted by Gasteiger charge is -2.25. The number of fused-ring (bicyclic) bond motifs is 10. The second-order valence-electron chi connectivity index (χ2n) is 14.5. The fourth-order valence-electron chi connectivity index (χ4n) is 7.89. The Bertz CT molecular complexity index is 2710. The van der Waals surface area contributed by atoms with Crippen LogP contribution in [-0.4, -0.2) is 0 Å². The van der Waals surface area contributed by atoms with Gasteiger partial charge in [-0.25, -0.2) is 0 Å². The molecule has 10 rings (SSSR count). The minimum Gasteiger partial charge on any atom is -0.452 e. The number of rotatable bonds is 6. The predicted molar refractivity (Wildman–Crippen MR) is 227 cm³/mol. The third kappa shape index (κ3) is 5.21. The van der Waals surface area contributed by atoms with Gasteiger partial charge in [0.05, 0.1) is 0 Å². The summed E-state index contributed by atoms with van der Waals surface area (Å²) in [7, 11) is 0. The Morgan fingerprint density at radius 1 is 0.315 bits per heavy atom. The SMILES string of the molecule is Cc1ccc(N(c2ccc(C)cc2)c2ccc3c(c2)oc2c4oc5cc(N(c6ccc(C)cc6)c6ccc(C)cc6)ccc5c4c4ccccc4c32)cc1. The van der Waals surface area contributed by atoms with E-state index in [-0.39, 0.29) is 0 Å². The smallest absolute Gasteiger partial charge is 0.179 e. The van der Waals surface area contributed by atoms with Crippen molar-refractivity contribution >= 4 is 88.8 Å². The zero-order chi connectivity index (χ0) is 36.5. The fraction of sp³-hybridized carbons (Fsp3) is 0.0800. The zero-order valence-electron chi connectivity index (χ0n) is 30.7. The highest BCUT2D eigenvalue weighted by molar-refractivity contribution is 6.33. The van der Waals surface area contributed by atoms with Gasteiger partial charge in [0.1, 0.15) is 11.2 Å². The summed E-state index contributed by atoms with van der Waals surface area (Å²) in [6.45, 7) is 8.48. The van der Waals surface area contributed by atoms with E-state index in [0.717, 1.165) is 88.8 Å². The molecule has 0 radical (unpaired) electrons. The lowest BCUT2D eigenvalue weighted by molar-refractivity contribution is 0.633. The van der Waals surface area contributed by atoms with Gasteiger partial charge in [-0.05, 0) is 111 Å². The molecular formula is C50H38N2O2. The van der Waals surface area contributed by atoms with Crippen LogP contribution < -0.4 is 9.80 Å². The summed E-state index contributed by atoms with van der Waals surface area (Å²) in [5.74, 6) is 0. The number of anilines is 6. The van der Waals surface area contributed by atoms with Gasteiger partial charge in [0.25, 0.3) is 0 Å². The van der Waals surface area contributed by atoms with Crippen molar-refractivity contribution in [2.24, 2.45) is 0 Å². The van der Waals surface area contributed by atoms with Crippen LogP contribution in [-0.2, 0) is 0 Å². The molecule has 0 saturated carbocycles. The molecule has 0 atom stereocenters. The summed E-state index contributed by atoms with van der Waals surface area (Å²) in [4.78, 5) is 4.57. The van der Waals surface area contributed by atoms with Crippen LogP contribution in [0.1, 0.15) is 22.3 Å². The highest BCUT2D eigenvalue weighted by Crippen LogP contribution is 2.47. The van der Waals surface area contributed by atoms with Crippen LogP contribution in [0.15, 0.2) is 167 Å². The molecule has 0 unspecified atom stereocenters. The molecule has 4 heteroatoms.